The topological polar surface area (TPSA) is 56.6 Å². The Hall–Kier alpha value is -1.49. The standard InChI is InChI=1S/C9H13N3O2/c1-4-10-8-7(2)5-11-9(12-8)14-6-13-3/h4-5H,6H2,1-3H3/b10-4+. The summed E-state index contributed by atoms with van der Waals surface area (Å²) in [6, 6.07) is 0.276. The van der Waals surface area contributed by atoms with E-state index in [1.165, 1.54) is 0 Å². The molecule has 14 heavy (non-hydrogen) atoms. The third-order valence-corrected chi connectivity index (χ3v) is 1.48. The average molecular weight is 195 g/mol. The third-order valence-electron chi connectivity index (χ3n) is 1.48. The molecule has 0 atom stereocenters. The van der Waals surface area contributed by atoms with E-state index >= 15 is 0 Å². The van der Waals surface area contributed by atoms with Crippen LogP contribution in [0.3, 0.4) is 0 Å². The number of ether oxygens (including phenoxy) is 2. The molecule has 0 aromatic carbocycles. The van der Waals surface area contributed by atoms with Crippen LogP contribution in [0.15, 0.2) is 11.2 Å². The summed E-state index contributed by atoms with van der Waals surface area (Å²) in [5, 5.41) is 0. The lowest BCUT2D eigenvalue weighted by atomic mass is 10.3. The zero-order chi connectivity index (χ0) is 10.4. The van der Waals surface area contributed by atoms with E-state index < -0.39 is 0 Å². The van der Waals surface area contributed by atoms with Crippen molar-refractivity contribution in [3.8, 4) is 6.01 Å². The van der Waals surface area contributed by atoms with Crippen LogP contribution in [0, 0.1) is 6.92 Å². The smallest absolute Gasteiger partial charge is 0.320 e. The molecule has 5 nitrogen and oxygen atoms in total. The number of methoxy groups -OCH3 is 1. The van der Waals surface area contributed by atoms with Gasteiger partial charge in [-0.2, -0.15) is 4.98 Å². The first kappa shape index (κ1) is 10.6. The van der Waals surface area contributed by atoms with E-state index in [0.29, 0.717) is 5.82 Å². The monoisotopic (exact) mass is 195 g/mol. The molecule has 0 bridgehead atoms. The first-order valence-electron chi connectivity index (χ1n) is 4.22. The minimum absolute atomic E-state index is 0.137. The number of hydrogen-bond acceptors (Lipinski definition) is 5. The fraction of sp³-hybridized carbons (Fsp3) is 0.444. The fourth-order valence-electron chi connectivity index (χ4n) is 0.852. The van der Waals surface area contributed by atoms with Gasteiger partial charge in [0.25, 0.3) is 0 Å². The predicted molar refractivity (Wildman–Crippen MR) is 53.1 cm³/mol. The molecule has 0 N–H and O–H groups in total. The van der Waals surface area contributed by atoms with Gasteiger partial charge in [-0.15, -0.1) is 0 Å². The molecule has 0 amide bonds. The van der Waals surface area contributed by atoms with Gasteiger partial charge in [0.2, 0.25) is 0 Å². The highest BCUT2D eigenvalue weighted by Crippen LogP contribution is 2.16. The van der Waals surface area contributed by atoms with Gasteiger partial charge >= 0.3 is 6.01 Å². The van der Waals surface area contributed by atoms with Crippen molar-refractivity contribution in [1.82, 2.24) is 9.97 Å². The van der Waals surface area contributed by atoms with Crippen LogP contribution in [-0.4, -0.2) is 30.1 Å². The van der Waals surface area contributed by atoms with E-state index in [4.69, 9.17) is 9.47 Å². The van der Waals surface area contributed by atoms with Gasteiger partial charge in [0.1, 0.15) is 0 Å². The first-order chi connectivity index (χ1) is 6.77. The van der Waals surface area contributed by atoms with Gasteiger partial charge in [0, 0.05) is 25.1 Å². The highest BCUT2D eigenvalue weighted by Gasteiger charge is 2.02. The molecule has 0 aliphatic heterocycles. The van der Waals surface area contributed by atoms with E-state index in [0.717, 1.165) is 5.56 Å². The maximum atomic E-state index is 5.08. The average Bonchev–Trinajstić information content (AvgIpc) is 2.19. The Morgan fingerprint density at radius 1 is 1.57 bits per heavy atom. The minimum atomic E-state index is 0.137. The van der Waals surface area contributed by atoms with Crippen LogP contribution >= 0.6 is 0 Å². The van der Waals surface area contributed by atoms with Crippen molar-refractivity contribution >= 4 is 12.0 Å². The van der Waals surface area contributed by atoms with E-state index in [-0.39, 0.29) is 12.8 Å². The zero-order valence-electron chi connectivity index (χ0n) is 8.52. The Kier molecular flexibility index (Phi) is 4.00. The van der Waals surface area contributed by atoms with E-state index in [2.05, 4.69) is 15.0 Å². The van der Waals surface area contributed by atoms with Crippen LogP contribution in [0.4, 0.5) is 5.82 Å². The molecule has 1 aromatic heterocycles. The second kappa shape index (κ2) is 5.29. The Morgan fingerprint density at radius 2 is 2.36 bits per heavy atom. The quantitative estimate of drug-likeness (QED) is 0.539. The van der Waals surface area contributed by atoms with Gasteiger partial charge in [0.15, 0.2) is 12.6 Å². The van der Waals surface area contributed by atoms with Crippen molar-refractivity contribution in [2.24, 2.45) is 4.99 Å². The molecule has 0 fully saturated rings. The minimum Gasteiger partial charge on any atom is -0.436 e. The van der Waals surface area contributed by atoms with Gasteiger partial charge in [-0.05, 0) is 13.8 Å². The summed E-state index contributed by atoms with van der Waals surface area (Å²) in [6.45, 7) is 3.86. The molecular formula is C9H13N3O2. The molecular weight excluding hydrogens is 182 g/mol. The number of aryl methyl sites for hydroxylation is 1. The first-order valence-corrected chi connectivity index (χ1v) is 4.22. The van der Waals surface area contributed by atoms with Crippen molar-refractivity contribution in [1.29, 1.82) is 0 Å². The normalized spacial score (nSPS) is 10.8. The van der Waals surface area contributed by atoms with Crippen LogP contribution < -0.4 is 4.74 Å². The summed E-state index contributed by atoms with van der Waals surface area (Å²) < 4.78 is 9.81. The van der Waals surface area contributed by atoms with E-state index in [1.54, 1.807) is 19.5 Å². The molecule has 1 rings (SSSR count). The number of hydrogen-bond donors (Lipinski definition) is 0. The molecule has 76 valence electrons. The maximum Gasteiger partial charge on any atom is 0.320 e. The van der Waals surface area contributed by atoms with Crippen LogP contribution in [0.25, 0.3) is 0 Å². The highest BCUT2D eigenvalue weighted by atomic mass is 16.7. The van der Waals surface area contributed by atoms with Crippen LogP contribution in [0.1, 0.15) is 12.5 Å². The summed E-state index contributed by atoms with van der Waals surface area (Å²) in [5.41, 5.74) is 0.910. The van der Waals surface area contributed by atoms with Crippen molar-refractivity contribution < 1.29 is 9.47 Å². The molecule has 0 aliphatic carbocycles. The van der Waals surface area contributed by atoms with Crippen LogP contribution in [0.5, 0.6) is 6.01 Å². The van der Waals surface area contributed by atoms with Crippen molar-refractivity contribution in [3.63, 3.8) is 0 Å². The lowest BCUT2D eigenvalue weighted by molar-refractivity contribution is 0.0443. The van der Waals surface area contributed by atoms with Gasteiger partial charge in [-0.25, -0.2) is 9.98 Å². The maximum absolute atomic E-state index is 5.08. The molecule has 1 aromatic rings. The van der Waals surface area contributed by atoms with Gasteiger partial charge < -0.3 is 9.47 Å². The second-order valence-corrected chi connectivity index (χ2v) is 2.60. The molecule has 0 aliphatic rings. The van der Waals surface area contributed by atoms with E-state index in [9.17, 15) is 0 Å². The highest BCUT2D eigenvalue weighted by molar-refractivity contribution is 5.59. The second-order valence-electron chi connectivity index (χ2n) is 2.60. The van der Waals surface area contributed by atoms with Crippen molar-refractivity contribution in [2.75, 3.05) is 13.9 Å². The Bertz CT molecular complexity index is 326. The molecule has 0 radical (unpaired) electrons. The van der Waals surface area contributed by atoms with Gasteiger partial charge in [-0.3, -0.25) is 0 Å². The number of rotatable bonds is 4. The summed E-state index contributed by atoms with van der Waals surface area (Å²) >= 11 is 0. The summed E-state index contributed by atoms with van der Waals surface area (Å²) in [5.74, 6) is 0.619. The lowest BCUT2D eigenvalue weighted by Gasteiger charge is -2.03. The Morgan fingerprint density at radius 3 is 3.00 bits per heavy atom. The van der Waals surface area contributed by atoms with Crippen molar-refractivity contribution in [3.05, 3.63) is 11.8 Å². The molecule has 0 saturated heterocycles. The van der Waals surface area contributed by atoms with E-state index in [1.807, 2.05) is 13.8 Å². The molecule has 0 saturated carbocycles. The number of nitrogens with zero attached hydrogens (tertiary/aromatic N) is 3. The molecule has 0 unspecified atom stereocenters. The summed E-state index contributed by atoms with van der Waals surface area (Å²) in [4.78, 5) is 12.1. The number of aliphatic imine (C=N–C) groups is 1. The SMILES string of the molecule is C/C=N/c1nc(OCOC)ncc1C. The molecule has 0 spiro atoms. The largest absolute Gasteiger partial charge is 0.436 e. The predicted octanol–water partition coefficient (Wildman–Crippen LogP) is 1.49. The van der Waals surface area contributed by atoms with Crippen LogP contribution in [-0.2, 0) is 4.74 Å². The fourth-order valence-corrected chi connectivity index (χ4v) is 0.852. The zero-order valence-corrected chi connectivity index (χ0v) is 8.52. The third kappa shape index (κ3) is 2.77. The molecule has 5 heteroatoms. The van der Waals surface area contributed by atoms with Gasteiger partial charge in [0.05, 0.1) is 0 Å². The van der Waals surface area contributed by atoms with Gasteiger partial charge in [-0.1, -0.05) is 0 Å². The van der Waals surface area contributed by atoms with Crippen LogP contribution in [0.2, 0.25) is 0 Å². The summed E-state index contributed by atoms with van der Waals surface area (Å²) in [6.07, 6.45) is 3.34. The molecule has 1 heterocycles. The Balaban J connectivity index is 2.83. The Labute approximate surface area is 82.8 Å². The van der Waals surface area contributed by atoms with Crippen molar-refractivity contribution in [2.45, 2.75) is 13.8 Å². The number of aromatic nitrogens is 2. The summed E-state index contributed by atoms with van der Waals surface area (Å²) in [7, 11) is 1.54. The lowest BCUT2D eigenvalue weighted by Crippen LogP contribution is -2.02.